The number of rotatable bonds is 4. The third-order valence-electron chi connectivity index (χ3n) is 4.79. The monoisotopic (exact) mass is 341 g/mol. The Morgan fingerprint density at radius 3 is 2.72 bits per heavy atom. The zero-order chi connectivity index (χ0) is 17.4. The van der Waals surface area contributed by atoms with Gasteiger partial charge < -0.3 is 19.4 Å². The molecular weight excluding hydrogens is 318 g/mol. The van der Waals surface area contributed by atoms with Crippen LogP contribution in [0, 0.1) is 13.8 Å². The quantitative estimate of drug-likeness (QED) is 0.787. The van der Waals surface area contributed by atoms with E-state index >= 15 is 0 Å². The first-order valence-electron chi connectivity index (χ1n) is 8.58. The molecule has 132 valence electrons. The smallest absolute Gasteiger partial charge is 0.298 e. The third kappa shape index (κ3) is 3.07. The number of hydrogen-bond donors (Lipinski definition) is 1. The van der Waals surface area contributed by atoms with E-state index in [0.29, 0.717) is 6.01 Å². The highest BCUT2D eigenvalue weighted by Gasteiger charge is 2.17. The van der Waals surface area contributed by atoms with Gasteiger partial charge in [-0.2, -0.15) is 10.1 Å². The van der Waals surface area contributed by atoms with E-state index in [-0.39, 0.29) is 0 Å². The maximum Gasteiger partial charge on any atom is 0.298 e. The van der Waals surface area contributed by atoms with Crippen LogP contribution in [0.4, 0.5) is 11.7 Å². The first-order chi connectivity index (χ1) is 12.1. The summed E-state index contributed by atoms with van der Waals surface area (Å²) in [6.45, 7) is 7.94. The SMILES string of the molecule is Cc1nn(C)c(C)c1CNc1ccc2nc(N3CCOCC3)oc2c1. The lowest BCUT2D eigenvalue weighted by Gasteiger charge is -2.24. The van der Waals surface area contributed by atoms with Crippen molar-refractivity contribution in [2.45, 2.75) is 20.4 Å². The molecule has 1 aliphatic heterocycles. The molecule has 0 unspecified atom stereocenters. The van der Waals surface area contributed by atoms with E-state index in [4.69, 9.17) is 9.15 Å². The van der Waals surface area contributed by atoms with Gasteiger partial charge in [-0.15, -0.1) is 0 Å². The maximum absolute atomic E-state index is 5.95. The molecule has 25 heavy (non-hydrogen) atoms. The second-order valence-corrected chi connectivity index (χ2v) is 6.40. The zero-order valence-corrected chi connectivity index (χ0v) is 14.9. The normalized spacial score (nSPS) is 15.1. The van der Waals surface area contributed by atoms with E-state index in [9.17, 15) is 0 Å². The van der Waals surface area contributed by atoms with Crippen molar-refractivity contribution in [2.24, 2.45) is 7.05 Å². The van der Waals surface area contributed by atoms with Crippen molar-refractivity contribution in [3.05, 3.63) is 35.2 Å². The number of nitrogens with zero attached hydrogens (tertiary/aromatic N) is 4. The summed E-state index contributed by atoms with van der Waals surface area (Å²) < 4.78 is 13.3. The van der Waals surface area contributed by atoms with Crippen molar-refractivity contribution in [2.75, 3.05) is 36.5 Å². The number of anilines is 2. The van der Waals surface area contributed by atoms with Gasteiger partial charge in [0.2, 0.25) is 0 Å². The molecule has 1 fully saturated rings. The van der Waals surface area contributed by atoms with E-state index < -0.39 is 0 Å². The third-order valence-corrected chi connectivity index (χ3v) is 4.79. The molecular formula is C18H23N5O2. The highest BCUT2D eigenvalue weighted by Crippen LogP contribution is 2.26. The number of oxazole rings is 1. The molecule has 1 saturated heterocycles. The second kappa shape index (κ2) is 6.40. The molecule has 1 aromatic carbocycles. The van der Waals surface area contributed by atoms with Crippen molar-refractivity contribution in [3.8, 4) is 0 Å². The molecule has 3 heterocycles. The van der Waals surface area contributed by atoms with Gasteiger partial charge in [-0.25, -0.2) is 0 Å². The number of fused-ring (bicyclic) bond motifs is 1. The van der Waals surface area contributed by atoms with Crippen molar-refractivity contribution in [1.29, 1.82) is 0 Å². The summed E-state index contributed by atoms with van der Waals surface area (Å²) in [6, 6.07) is 6.71. The molecule has 0 saturated carbocycles. The highest BCUT2D eigenvalue weighted by molar-refractivity contribution is 5.78. The van der Waals surface area contributed by atoms with Gasteiger partial charge in [0.1, 0.15) is 5.52 Å². The molecule has 0 atom stereocenters. The van der Waals surface area contributed by atoms with Gasteiger partial charge in [0.25, 0.3) is 6.01 Å². The number of aromatic nitrogens is 3. The van der Waals surface area contributed by atoms with E-state index in [2.05, 4.69) is 27.2 Å². The molecule has 0 bridgehead atoms. The van der Waals surface area contributed by atoms with E-state index in [1.807, 2.05) is 36.9 Å². The van der Waals surface area contributed by atoms with Gasteiger partial charge in [-0.05, 0) is 26.0 Å². The van der Waals surface area contributed by atoms with Crippen LogP contribution < -0.4 is 10.2 Å². The molecule has 0 amide bonds. The molecule has 0 spiro atoms. The minimum absolute atomic E-state index is 0.675. The lowest BCUT2D eigenvalue weighted by molar-refractivity contribution is 0.120. The molecule has 7 nitrogen and oxygen atoms in total. The van der Waals surface area contributed by atoms with Gasteiger partial charge in [0.05, 0.1) is 18.9 Å². The van der Waals surface area contributed by atoms with Crippen LogP contribution in [0.1, 0.15) is 17.0 Å². The zero-order valence-electron chi connectivity index (χ0n) is 14.9. The van der Waals surface area contributed by atoms with Crippen molar-refractivity contribution in [3.63, 3.8) is 0 Å². The molecule has 0 aliphatic carbocycles. The summed E-state index contributed by atoms with van der Waals surface area (Å²) in [4.78, 5) is 6.71. The van der Waals surface area contributed by atoms with Gasteiger partial charge >= 0.3 is 0 Å². The summed E-state index contributed by atoms with van der Waals surface area (Å²) in [5.74, 6) is 0. The fourth-order valence-electron chi connectivity index (χ4n) is 3.18. The first-order valence-corrected chi connectivity index (χ1v) is 8.58. The van der Waals surface area contributed by atoms with Crippen LogP contribution in [-0.2, 0) is 18.3 Å². The number of nitrogens with one attached hydrogen (secondary N) is 1. The standard InChI is InChI=1S/C18H23N5O2/c1-12-15(13(2)22(3)21-12)11-19-14-4-5-16-17(10-14)25-18(20-16)23-6-8-24-9-7-23/h4-5,10,19H,6-9,11H2,1-3H3. The number of aryl methyl sites for hydroxylation is 2. The fraction of sp³-hybridized carbons (Fsp3) is 0.444. The first kappa shape index (κ1) is 16.0. The Morgan fingerprint density at radius 2 is 2.00 bits per heavy atom. The van der Waals surface area contributed by atoms with Crippen LogP contribution in [0.2, 0.25) is 0 Å². The van der Waals surface area contributed by atoms with Gasteiger partial charge in [-0.1, -0.05) is 0 Å². The minimum atomic E-state index is 0.675. The Morgan fingerprint density at radius 1 is 1.20 bits per heavy atom. The number of ether oxygens (including phenoxy) is 1. The summed E-state index contributed by atoms with van der Waals surface area (Å²) in [5.41, 5.74) is 6.16. The predicted octanol–water partition coefficient (Wildman–Crippen LogP) is 2.63. The van der Waals surface area contributed by atoms with Crippen molar-refractivity contribution in [1.82, 2.24) is 14.8 Å². The molecule has 1 N–H and O–H groups in total. The van der Waals surface area contributed by atoms with Crippen LogP contribution in [0.5, 0.6) is 0 Å². The lowest BCUT2D eigenvalue weighted by Crippen LogP contribution is -2.36. The molecule has 0 radical (unpaired) electrons. The summed E-state index contributed by atoms with van der Waals surface area (Å²) in [7, 11) is 1.97. The van der Waals surface area contributed by atoms with Crippen molar-refractivity contribution < 1.29 is 9.15 Å². The topological polar surface area (TPSA) is 68.4 Å². The molecule has 3 aromatic rings. The van der Waals surface area contributed by atoms with Gasteiger partial charge in [0, 0.05) is 49.7 Å². The largest absolute Gasteiger partial charge is 0.423 e. The second-order valence-electron chi connectivity index (χ2n) is 6.40. The lowest BCUT2D eigenvalue weighted by atomic mass is 10.2. The minimum Gasteiger partial charge on any atom is -0.423 e. The predicted molar refractivity (Wildman–Crippen MR) is 97.0 cm³/mol. The van der Waals surface area contributed by atoms with Crippen LogP contribution in [0.3, 0.4) is 0 Å². The highest BCUT2D eigenvalue weighted by atomic mass is 16.5. The van der Waals surface area contributed by atoms with Crippen LogP contribution in [0.25, 0.3) is 11.1 Å². The van der Waals surface area contributed by atoms with Gasteiger partial charge in [0.15, 0.2) is 5.58 Å². The number of benzene rings is 1. The van der Waals surface area contributed by atoms with E-state index in [1.165, 1.54) is 11.3 Å². The summed E-state index contributed by atoms with van der Waals surface area (Å²) >= 11 is 0. The van der Waals surface area contributed by atoms with Gasteiger partial charge in [-0.3, -0.25) is 4.68 Å². The van der Waals surface area contributed by atoms with Crippen LogP contribution in [0.15, 0.2) is 22.6 Å². The number of hydrogen-bond acceptors (Lipinski definition) is 6. The summed E-state index contributed by atoms with van der Waals surface area (Å²) in [5, 5.41) is 7.92. The van der Waals surface area contributed by atoms with Crippen LogP contribution in [-0.4, -0.2) is 41.1 Å². The van der Waals surface area contributed by atoms with Crippen molar-refractivity contribution >= 4 is 22.8 Å². The Bertz CT molecular complexity index is 892. The fourth-order valence-corrected chi connectivity index (χ4v) is 3.18. The molecule has 4 rings (SSSR count). The van der Waals surface area contributed by atoms with E-state index in [1.54, 1.807) is 0 Å². The van der Waals surface area contributed by atoms with Crippen LogP contribution >= 0.6 is 0 Å². The van der Waals surface area contributed by atoms with E-state index in [0.717, 1.165) is 55.3 Å². The summed E-state index contributed by atoms with van der Waals surface area (Å²) in [6.07, 6.45) is 0. The Hall–Kier alpha value is -2.54. The Balaban J connectivity index is 1.52. The average Bonchev–Trinajstić information content (AvgIpc) is 3.15. The average molecular weight is 341 g/mol. The molecule has 7 heteroatoms. The number of morpholine rings is 1. The Labute approximate surface area is 146 Å². The Kier molecular flexibility index (Phi) is 4.09. The molecule has 2 aromatic heterocycles. The maximum atomic E-state index is 5.95. The molecule has 1 aliphatic rings.